The lowest BCUT2D eigenvalue weighted by molar-refractivity contribution is 0.631. The summed E-state index contributed by atoms with van der Waals surface area (Å²) in [7, 11) is 2.01. The van der Waals surface area contributed by atoms with E-state index in [1.54, 1.807) is 43.0 Å². The van der Waals surface area contributed by atoms with Crippen LogP contribution >= 0.6 is 0 Å². The van der Waals surface area contributed by atoms with E-state index in [4.69, 9.17) is 4.98 Å². The van der Waals surface area contributed by atoms with Gasteiger partial charge < -0.3 is 10.2 Å². The van der Waals surface area contributed by atoms with Crippen LogP contribution < -0.4 is 10.2 Å². The summed E-state index contributed by atoms with van der Waals surface area (Å²) in [6.45, 7) is 4.72. The van der Waals surface area contributed by atoms with Gasteiger partial charge in [0.15, 0.2) is 11.5 Å². The summed E-state index contributed by atoms with van der Waals surface area (Å²) in [6.07, 6.45) is 6.98. The highest BCUT2D eigenvalue weighted by Gasteiger charge is 2.14. The molecule has 0 aliphatic heterocycles. The van der Waals surface area contributed by atoms with Gasteiger partial charge in [-0.2, -0.15) is 0 Å². The third-order valence-corrected chi connectivity index (χ3v) is 5.95. The second-order valence-electron chi connectivity index (χ2n) is 8.39. The number of fused-ring (bicyclic) bond motifs is 1. The van der Waals surface area contributed by atoms with E-state index < -0.39 is 0 Å². The van der Waals surface area contributed by atoms with Gasteiger partial charge in [0, 0.05) is 67.0 Å². The fourth-order valence-electron chi connectivity index (χ4n) is 4.05. The Balaban J connectivity index is 1.56. The molecule has 0 aliphatic rings. The van der Waals surface area contributed by atoms with Crippen molar-refractivity contribution in [2.45, 2.75) is 6.92 Å². The third-order valence-electron chi connectivity index (χ3n) is 5.95. The molecule has 4 aromatic heterocycles. The number of pyridine rings is 3. The predicted octanol–water partition coefficient (Wildman–Crippen LogP) is 5.00. The van der Waals surface area contributed by atoms with Crippen LogP contribution in [0.25, 0.3) is 44.8 Å². The number of likely N-dealkylation sites (N-methyl/N-ethyl adjacent to an activating group) is 2. The average molecular weight is 480 g/mol. The van der Waals surface area contributed by atoms with Gasteiger partial charge in [-0.1, -0.05) is 19.1 Å². The SMILES string of the molecule is CCNCCN(C)c1ccnc(-c2cncc(-c3cc(-c4ccccc4F)nc4ncccc34)c2)n1. The molecule has 36 heavy (non-hydrogen) atoms. The molecule has 0 bridgehead atoms. The molecule has 0 spiro atoms. The number of benzene rings is 1. The van der Waals surface area contributed by atoms with Crippen LogP contribution in [0.5, 0.6) is 0 Å². The van der Waals surface area contributed by atoms with E-state index >= 15 is 0 Å². The van der Waals surface area contributed by atoms with Crippen molar-refractivity contribution >= 4 is 16.9 Å². The first-order valence-electron chi connectivity index (χ1n) is 11.9. The Morgan fingerprint density at radius 2 is 1.75 bits per heavy atom. The van der Waals surface area contributed by atoms with Crippen LogP contribution in [0.1, 0.15) is 6.92 Å². The molecule has 0 radical (unpaired) electrons. The highest BCUT2D eigenvalue weighted by Crippen LogP contribution is 2.33. The Hall–Kier alpha value is -4.30. The minimum atomic E-state index is -0.332. The minimum absolute atomic E-state index is 0.332. The quantitative estimate of drug-likeness (QED) is 0.314. The van der Waals surface area contributed by atoms with Crippen LogP contribution in [0, 0.1) is 5.82 Å². The number of nitrogens with zero attached hydrogens (tertiary/aromatic N) is 6. The molecule has 0 saturated heterocycles. The van der Waals surface area contributed by atoms with Crippen molar-refractivity contribution in [2.75, 3.05) is 31.6 Å². The lowest BCUT2D eigenvalue weighted by atomic mass is 9.99. The Labute approximate surface area is 209 Å². The van der Waals surface area contributed by atoms with E-state index in [2.05, 4.69) is 37.1 Å². The molecular formula is C28H26FN7. The molecule has 1 aromatic carbocycles. The zero-order valence-electron chi connectivity index (χ0n) is 20.2. The second kappa shape index (κ2) is 10.5. The number of hydrogen-bond donors (Lipinski definition) is 1. The van der Waals surface area contributed by atoms with Gasteiger partial charge in [0.2, 0.25) is 0 Å². The van der Waals surface area contributed by atoms with E-state index in [0.29, 0.717) is 22.7 Å². The van der Waals surface area contributed by atoms with Gasteiger partial charge in [-0.25, -0.2) is 24.3 Å². The van der Waals surface area contributed by atoms with Crippen molar-refractivity contribution in [1.29, 1.82) is 0 Å². The number of rotatable bonds is 8. The van der Waals surface area contributed by atoms with E-state index in [0.717, 1.165) is 47.5 Å². The van der Waals surface area contributed by atoms with Crippen LogP contribution in [0.4, 0.5) is 10.2 Å². The van der Waals surface area contributed by atoms with Gasteiger partial charge >= 0.3 is 0 Å². The molecule has 0 amide bonds. The summed E-state index contributed by atoms with van der Waals surface area (Å²) in [4.78, 5) is 24.9. The molecule has 5 rings (SSSR count). The molecule has 0 aliphatic carbocycles. The van der Waals surface area contributed by atoms with Gasteiger partial charge in [0.1, 0.15) is 11.6 Å². The molecule has 7 nitrogen and oxygen atoms in total. The topological polar surface area (TPSA) is 79.7 Å². The first kappa shape index (κ1) is 23.4. The first-order valence-corrected chi connectivity index (χ1v) is 11.9. The number of anilines is 1. The average Bonchev–Trinajstić information content (AvgIpc) is 2.93. The monoisotopic (exact) mass is 479 g/mol. The van der Waals surface area contributed by atoms with Crippen LogP contribution in [-0.4, -0.2) is 51.6 Å². The third kappa shape index (κ3) is 4.89. The van der Waals surface area contributed by atoms with Crippen molar-refractivity contribution in [2.24, 2.45) is 0 Å². The maximum atomic E-state index is 14.6. The Bertz CT molecular complexity index is 1500. The first-order chi connectivity index (χ1) is 17.6. The minimum Gasteiger partial charge on any atom is -0.358 e. The van der Waals surface area contributed by atoms with E-state index in [1.807, 2.05) is 37.4 Å². The Morgan fingerprint density at radius 3 is 2.61 bits per heavy atom. The molecule has 5 aromatic rings. The summed E-state index contributed by atoms with van der Waals surface area (Å²) in [6, 6.07) is 16.2. The molecule has 0 atom stereocenters. The zero-order valence-corrected chi connectivity index (χ0v) is 20.2. The van der Waals surface area contributed by atoms with Crippen LogP contribution in [0.2, 0.25) is 0 Å². The molecular weight excluding hydrogens is 453 g/mol. The smallest absolute Gasteiger partial charge is 0.163 e. The lowest BCUT2D eigenvalue weighted by Gasteiger charge is -2.18. The maximum Gasteiger partial charge on any atom is 0.163 e. The molecule has 4 heterocycles. The summed E-state index contributed by atoms with van der Waals surface area (Å²) >= 11 is 0. The van der Waals surface area contributed by atoms with Crippen molar-refractivity contribution < 1.29 is 4.39 Å². The number of aromatic nitrogens is 5. The van der Waals surface area contributed by atoms with Crippen molar-refractivity contribution in [3.05, 3.63) is 85.2 Å². The van der Waals surface area contributed by atoms with E-state index in [-0.39, 0.29) is 5.82 Å². The van der Waals surface area contributed by atoms with Gasteiger partial charge in [0.05, 0.1) is 5.69 Å². The standard InChI is InChI=1S/C28H26FN7/c1-3-30-13-14-36(2)26-10-12-33-27(35-26)20-15-19(17-31-18-20)23-16-25(22-7-4-5-9-24(22)29)34-28-21(23)8-6-11-32-28/h4-12,15-18,30H,3,13-14H2,1-2H3. The highest BCUT2D eigenvalue weighted by molar-refractivity contribution is 5.95. The summed E-state index contributed by atoms with van der Waals surface area (Å²) in [5, 5.41) is 4.18. The van der Waals surface area contributed by atoms with Crippen LogP contribution in [0.15, 0.2) is 79.4 Å². The summed E-state index contributed by atoms with van der Waals surface area (Å²) < 4.78 is 14.6. The molecule has 8 heteroatoms. The van der Waals surface area contributed by atoms with Gasteiger partial charge in [-0.15, -0.1) is 0 Å². The molecule has 0 fully saturated rings. The van der Waals surface area contributed by atoms with E-state index in [1.165, 1.54) is 6.07 Å². The normalized spacial score (nSPS) is 11.1. The van der Waals surface area contributed by atoms with Crippen LogP contribution in [0.3, 0.4) is 0 Å². The number of halogens is 1. The maximum absolute atomic E-state index is 14.6. The van der Waals surface area contributed by atoms with Gasteiger partial charge in [-0.3, -0.25) is 4.98 Å². The predicted molar refractivity (Wildman–Crippen MR) is 141 cm³/mol. The fourth-order valence-corrected chi connectivity index (χ4v) is 4.05. The van der Waals surface area contributed by atoms with Crippen molar-refractivity contribution in [3.63, 3.8) is 0 Å². The zero-order chi connectivity index (χ0) is 24.9. The number of nitrogens with one attached hydrogen (secondary N) is 1. The molecule has 0 saturated carbocycles. The largest absolute Gasteiger partial charge is 0.358 e. The van der Waals surface area contributed by atoms with E-state index in [9.17, 15) is 4.39 Å². The molecule has 180 valence electrons. The van der Waals surface area contributed by atoms with Crippen molar-refractivity contribution in [1.82, 2.24) is 30.2 Å². The van der Waals surface area contributed by atoms with Gasteiger partial charge in [-0.05, 0) is 54.6 Å². The Morgan fingerprint density at radius 1 is 0.889 bits per heavy atom. The van der Waals surface area contributed by atoms with Gasteiger partial charge in [0.25, 0.3) is 0 Å². The lowest BCUT2D eigenvalue weighted by Crippen LogP contribution is -2.29. The fraction of sp³-hybridized carbons (Fsp3) is 0.179. The summed E-state index contributed by atoms with van der Waals surface area (Å²) in [5.41, 5.74) is 3.97. The number of hydrogen-bond acceptors (Lipinski definition) is 7. The molecule has 1 N–H and O–H groups in total. The summed E-state index contributed by atoms with van der Waals surface area (Å²) in [5.74, 6) is 1.09. The van der Waals surface area contributed by atoms with Crippen LogP contribution in [-0.2, 0) is 0 Å². The second-order valence-corrected chi connectivity index (χ2v) is 8.39. The molecule has 0 unspecified atom stereocenters. The Kier molecular flexibility index (Phi) is 6.86. The highest BCUT2D eigenvalue weighted by atomic mass is 19.1. The van der Waals surface area contributed by atoms with Crippen molar-refractivity contribution in [3.8, 4) is 33.8 Å².